The van der Waals surface area contributed by atoms with Crippen LogP contribution in [0.15, 0.2) is 0 Å². The van der Waals surface area contributed by atoms with Crippen molar-refractivity contribution in [1.29, 1.82) is 0 Å². The van der Waals surface area contributed by atoms with Crippen molar-refractivity contribution in [2.24, 2.45) is 29.4 Å². The Kier molecular flexibility index (Phi) is 3.12. The smallest absolute Gasteiger partial charge is 0.225 e. The van der Waals surface area contributed by atoms with Crippen molar-refractivity contribution in [2.45, 2.75) is 38.5 Å². The summed E-state index contributed by atoms with van der Waals surface area (Å²) in [5.41, 5.74) is 5.62. The molecule has 1 heterocycles. The average molecular weight is 236 g/mol. The predicted octanol–water partition coefficient (Wildman–Crippen LogP) is 1.62. The molecule has 0 aromatic carbocycles. The molecule has 1 amide bonds. The van der Waals surface area contributed by atoms with Gasteiger partial charge < -0.3 is 10.6 Å². The number of carbonyl (C=O) groups excluding carboxylic acids is 1. The molecule has 2 N–H and O–H groups in total. The van der Waals surface area contributed by atoms with Crippen LogP contribution in [0, 0.1) is 23.7 Å². The van der Waals surface area contributed by atoms with E-state index in [-0.39, 0.29) is 0 Å². The van der Waals surface area contributed by atoms with E-state index in [2.05, 4.69) is 4.90 Å². The van der Waals surface area contributed by atoms with Crippen molar-refractivity contribution in [3.05, 3.63) is 0 Å². The van der Waals surface area contributed by atoms with Crippen molar-refractivity contribution < 1.29 is 4.79 Å². The summed E-state index contributed by atoms with van der Waals surface area (Å²) >= 11 is 0. The molecule has 17 heavy (non-hydrogen) atoms. The molecule has 96 valence electrons. The van der Waals surface area contributed by atoms with Crippen LogP contribution in [0.2, 0.25) is 0 Å². The zero-order chi connectivity index (χ0) is 11.8. The van der Waals surface area contributed by atoms with Gasteiger partial charge >= 0.3 is 0 Å². The van der Waals surface area contributed by atoms with E-state index in [0.29, 0.717) is 17.7 Å². The van der Waals surface area contributed by atoms with Gasteiger partial charge in [-0.15, -0.1) is 0 Å². The van der Waals surface area contributed by atoms with Gasteiger partial charge in [-0.3, -0.25) is 4.79 Å². The largest absolute Gasteiger partial charge is 0.342 e. The van der Waals surface area contributed by atoms with Crippen LogP contribution in [-0.2, 0) is 4.79 Å². The number of rotatable bonds is 3. The maximum atomic E-state index is 12.4. The fourth-order valence-electron chi connectivity index (χ4n) is 3.91. The minimum Gasteiger partial charge on any atom is -0.342 e. The number of nitrogens with zero attached hydrogens (tertiary/aromatic N) is 1. The minimum atomic E-state index is 0.371. The van der Waals surface area contributed by atoms with Gasteiger partial charge in [0.05, 0.1) is 0 Å². The lowest BCUT2D eigenvalue weighted by molar-refractivity contribution is -0.137. The van der Waals surface area contributed by atoms with Gasteiger partial charge in [-0.05, 0) is 62.8 Å². The SMILES string of the molecule is NCCC1CCCN(C(=O)C2CC3CC3C2)C1. The van der Waals surface area contributed by atoms with Crippen LogP contribution in [0.4, 0.5) is 0 Å². The predicted molar refractivity (Wildman–Crippen MR) is 67.3 cm³/mol. The summed E-state index contributed by atoms with van der Waals surface area (Å²) in [6.45, 7) is 2.73. The van der Waals surface area contributed by atoms with Crippen LogP contribution < -0.4 is 5.73 Å². The molecule has 0 spiro atoms. The normalized spacial score (nSPS) is 40.2. The summed E-state index contributed by atoms with van der Waals surface area (Å²) in [7, 11) is 0. The monoisotopic (exact) mass is 236 g/mol. The van der Waals surface area contributed by atoms with E-state index in [9.17, 15) is 4.79 Å². The number of amides is 1. The first-order chi connectivity index (χ1) is 8.28. The first-order valence-electron chi connectivity index (χ1n) is 7.26. The molecule has 1 aliphatic heterocycles. The molecule has 0 bridgehead atoms. The Morgan fingerprint density at radius 3 is 2.71 bits per heavy atom. The number of carbonyl (C=O) groups is 1. The summed E-state index contributed by atoms with van der Waals surface area (Å²) in [6, 6.07) is 0. The number of nitrogens with two attached hydrogens (primary N) is 1. The van der Waals surface area contributed by atoms with E-state index >= 15 is 0 Å². The lowest BCUT2D eigenvalue weighted by Gasteiger charge is -2.34. The Hall–Kier alpha value is -0.570. The fourth-order valence-corrected chi connectivity index (χ4v) is 3.91. The maximum Gasteiger partial charge on any atom is 0.225 e. The molecule has 0 aromatic heterocycles. The molecule has 3 heteroatoms. The average Bonchev–Trinajstić information content (AvgIpc) is 2.96. The first-order valence-corrected chi connectivity index (χ1v) is 7.26. The van der Waals surface area contributed by atoms with E-state index in [0.717, 1.165) is 37.9 Å². The van der Waals surface area contributed by atoms with Gasteiger partial charge in [-0.25, -0.2) is 0 Å². The summed E-state index contributed by atoms with van der Waals surface area (Å²) < 4.78 is 0. The van der Waals surface area contributed by atoms with E-state index in [1.807, 2.05) is 0 Å². The Morgan fingerprint density at radius 2 is 2.00 bits per heavy atom. The molecule has 3 atom stereocenters. The van der Waals surface area contributed by atoms with Gasteiger partial charge in [0.15, 0.2) is 0 Å². The quantitative estimate of drug-likeness (QED) is 0.809. The van der Waals surface area contributed by atoms with Gasteiger partial charge in [-0.2, -0.15) is 0 Å². The van der Waals surface area contributed by atoms with Gasteiger partial charge in [0.25, 0.3) is 0 Å². The highest BCUT2D eigenvalue weighted by molar-refractivity contribution is 5.79. The Balaban J connectivity index is 1.54. The van der Waals surface area contributed by atoms with Crippen LogP contribution in [0.1, 0.15) is 38.5 Å². The summed E-state index contributed by atoms with van der Waals surface area (Å²) in [4.78, 5) is 14.5. The summed E-state index contributed by atoms with van der Waals surface area (Å²) in [5.74, 6) is 3.31. The molecule has 3 rings (SSSR count). The van der Waals surface area contributed by atoms with Gasteiger partial charge in [0, 0.05) is 19.0 Å². The Morgan fingerprint density at radius 1 is 1.24 bits per heavy atom. The van der Waals surface area contributed by atoms with Gasteiger partial charge in [0.2, 0.25) is 5.91 Å². The highest BCUT2D eigenvalue weighted by Gasteiger charge is 2.48. The second-order valence-corrected chi connectivity index (χ2v) is 6.29. The van der Waals surface area contributed by atoms with Crippen molar-refractivity contribution in [2.75, 3.05) is 19.6 Å². The van der Waals surface area contributed by atoms with E-state index < -0.39 is 0 Å². The first kappa shape index (κ1) is 11.5. The molecule has 3 unspecified atom stereocenters. The second-order valence-electron chi connectivity index (χ2n) is 6.29. The molecule has 3 fully saturated rings. The fraction of sp³-hybridized carbons (Fsp3) is 0.929. The van der Waals surface area contributed by atoms with E-state index in [1.165, 1.54) is 32.1 Å². The standard InChI is InChI=1S/C14H24N2O/c15-4-3-10-2-1-5-16(9-10)14(17)13-7-11-6-12(11)8-13/h10-13H,1-9,15H2. The lowest BCUT2D eigenvalue weighted by Crippen LogP contribution is -2.43. The third kappa shape index (κ3) is 2.35. The van der Waals surface area contributed by atoms with Crippen molar-refractivity contribution in [1.82, 2.24) is 4.90 Å². The lowest BCUT2D eigenvalue weighted by atomic mass is 9.93. The van der Waals surface area contributed by atoms with E-state index in [4.69, 9.17) is 5.73 Å². The zero-order valence-corrected chi connectivity index (χ0v) is 10.6. The van der Waals surface area contributed by atoms with Gasteiger partial charge in [-0.1, -0.05) is 0 Å². The second kappa shape index (κ2) is 4.60. The zero-order valence-electron chi connectivity index (χ0n) is 10.6. The van der Waals surface area contributed by atoms with Gasteiger partial charge in [0.1, 0.15) is 0 Å². The third-order valence-electron chi connectivity index (χ3n) is 5.00. The van der Waals surface area contributed by atoms with Crippen molar-refractivity contribution >= 4 is 5.91 Å². The number of hydrogen-bond acceptors (Lipinski definition) is 2. The van der Waals surface area contributed by atoms with Crippen LogP contribution in [0.3, 0.4) is 0 Å². The van der Waals surface area contributed by atoms with Crippen LogP contribution in [0.25, 0.3) is 0 Å². The van der Waals surface area contributed by atoms with Crippen LogP contribution in [0.5, 0.6) is 0 Å². The third-order valence-corrected chi connectivity index (χ3v) is 5.00. The Labute approximate surface area is 104 Å². The van der Waals surface area contributed by atoms with Crippen molar-refractivity contribution in [3.63, 3.8) is 0 Å². The molecule has 1 saturated heterocycles. The molecule has 3 nitrogen and oxygen atoms in total. The number of piperidine rings is 1. The maximum absolute atomic E-state index is 12.4. The van der Waals surface area contributed by atoms with Crippen LogP contribution >= 0.6 is 0 Å². The summed E-state index contributed by atoms with van der Waals surface area (Å²) in [5, 5.41) is 0. The molecule has 0 aromatic rings. The van der Waals surface area contributed by atoms with Crippen LogP contribution in [-0.4, -0.2) is 30.4 Å². The molecular formula is C14H24N2O. The molecule has 3 aliphatic rings. The Bertz CT molecular complexity index is 293. The number of hydrogen-bond donors (Lipinski definition) is 1. The summed E-state index contributed by atoms with van der Waals surface area (Å²) in [6.07, 6.45) is 7.29. The highest BCUT2D eigenvalue weighted by atomic mass is 16.2. The molecule has 0 radical (unpaired) electrons. The van der Waals surface area contributed by atoms with Crippen molar-refractivity contribution in [3.8, 4) is 0 Å². The number of fused-ring (bicyclic) bond motifs is 1. The molecular weight excluding hydrogens is 212 g/mol. The minimum absolute atomic E-state index is 0.371. The number of likely N-dealkylation sites (tertiary alicyclic amines) is 1. The van der Waals surface area contributed by atoms with E-state index in [1.54, 1.807) is 0 Å². The molecule has 2 saturated carbocycles. The topological polar surface area (TPSA) is 46.3 Å². The molecule has 2 aliphatic carbocycles. The highest BCUT2D eigenvalue weighted by Crippen LogP contribution is 2.54.